The molecule has 0 saturated carbocycles. The number of hydrogen-bond donors (Lipinski definition) is 1. The van der Waals surface area contributed by atoms with Crippen LogP contribution in [0.15, 0.2) is 28.7 Å². The van der Waals surface area contributed by atoms with E-state index in [0.717, 1.165) is 23.2 Å². The van der Waals surface area contributed by atoms with E-state index in [1.165, 1.54) is 0 Å². The first kappa shape index (κ1) is 14.5. The van der Waals surface area contributed by atoms with E-state index in [-0.39, 0.29) is 5.41 Å². The molecule has 96 valence electrons. The Bertz CT molecular complexity index is 329. The average molecular weight is 300 g/mol. The smallest absolute Gasteiger partial charge is 0.119 e. The molecule has 1 aromatic carbocycles. The predicted octanol–water partition coefficient (Wildman–Crippen LogP) is 3.85. The summed E-state index contributed by atoms with van der Waals surface area (Å²) in [7, 11) is 2.01. The number of halogens is 1. The van der Waals surface area contributed by atoms with E-state index in [0.29, 0.717) is 6.04 Å². The van der Waals surface area contributed by atoms with E-state index in [1.54, 1.807) is 0 Å². The SMILES string of the molecule is CNC(CCOc1ccc(Br)cc1)C(C)(C)C. The predicted molar refractivity (Wildman–Crippen MR) is 76.6 cm³/mol. The second-order valence-corrected chi connectivity index (χ2v) is 6.21. The van der Waals surface area contributed by atoms with Gasteiger partial charge in [-0.1, -0.05) is 36.7 Å². The van der Waals surface area contributed by atoms with Crippen molar-refractivity contribution in [2.75, 3.05) is 13.7 Å². The summed E-state index contributed by atoms with van der Waals surface area (Å²) in [5, 5.41) is 3.35. The first-order valence-corrected chi connectivity index (χ1v) is 6.78. The molecule has 1 rings (SSSR count). The van der Waals surface area contributed by atoms with Gasteiger partial charge in [0.2, 0.25) is 0 Å². The van der Waals surface area contributed by atoms with E-state index < -0.39 is 0 Å². The Morgan fingerprint density at radius 3 is 2.29 bits per heavy atom. The van der Waals surface area contributed by atoms with Gasteiger partial charge in [-0.15, -0.1) is 0 Å². The lowest BCUT2D eigenvalue weighted by Crippen LogP contribution is -2.39. The van der Waals surface area contributed by atoms with Crippen LogP contribution in [0.2, 0.25) is 0 Å². The van der Waals surface area contributed by atoms with Crippen LogP contribution in [0.1, 0.15) is 27.2 Å². The molecule has 0 aliphatic heterocycles. The Hall–Kier alpha value is -0.540. The largest absolute Gasteiger partial charge is 0.494 e. The van der Waals surface area contributed by atoms with E-state index >= 15 is 0 Å². The monoisotopic (exact) mass is 299 g/mol. The highest BCUT2D eigenvalue weighted by Gasteiger charge is 2.22. The molecule has 0 spiro atoms. The summed E-state index contributed by atoms with van der Waals surface area (Å²) in [6, 6.07) is 8.42. The maximum Gasteiger partial charge on any atom is 0.119 e. The van der Waals surface area contributed by atoms with Crippen LogP contribution in [-0.4, -0.2) is 19.7 Å². The minimum absolute atomic E-state index is 0.262. The van der Waals surface area contributed by atoms with Crippen LogP contribution in [0.3, 0.4) is 0 Å². The van der Waals surface area contributed by atoms with Crippen molar-refractivity contribution in [1.82, 2.24) is 5.32 Å². The molecule has 0 bridgehead atoms. The third kappa shape index (κ3) is 5.09. The van der Waals surface area contributed by atoms with Gasteiger partial charge in [-0.25, -0.2) is 0 Å². The lowest BCUT2D eigenvalue weighted by atomic mass is 9.85. The van der Waals surface area contributed by atoms with E-state index in [1.807, 2.05) is 31.3 Å². The van der Waals surface area contributed by atoms with Crippen LogP contribution in [-0.2, 0) is 0 Å². The fourth-order valence-corrected chi connectivity index (χ4v) is 2.10. The fourth-order valence-electron chi connectivity index (χ4n) is 1.84. The fraction of sp³-hybridized carbons (Fsp3) is 0.571. The Morgan fingerprint density at radius 1 is 1.24 bits per heavy atom. The van der Waals surface area contributed by atoms with Crippen molar-refractivity contribution in [3.8, 4) is 5.75 Å². The second-order valence-electron chi connectivity index (χ2n) is 5.30. The van der Waals surface area contributed by atoms with Crippen molar-refractivity contribution in [3.63, 3.8) is 0 Å². The number of nitrogens with one attached hydrogen (secondary N) is 1. The van der Waals surface area contributed by atoms with Crippen LogP contribution < -0.4 is 10.1 Å². The Kier molecular flexibility index (Phi) is 5.47. The van der Waals surface area contributed by atoms with Gasteiger partial charge in [-0.3, -0.25) is 0 Å². The van der Waals surface area contributed by atoms with Crippen LogP contribution in [0.4, 0.5) is 0 Å². The Labute approximate surface area is 113 Å². The van der Waals surface area contributed by atoms with Crippen molar-refractivity contribution in [3.05, 3.63) is 28.7 Å². The van der Waals surface area contributed by atoms with Gasteiger partial charge in [-0.05, 0) is 43.1 Å². The third-order valence-corrected chi connectivity index (χ3v) is 3.41. The summed E-state index contributed by atoms with van der Waals surface area (Å²) < 4.78 is 6.80. The molecule has 0 radical (unpaired) electrons. The van der Waals surface area contributed by atoms with Crippen molar-refractivity contribution < 1.29 is 4.74 Å². The number of hydrogen-bond acceptors (Lipinski definition) is 2. The molecule has 2 nitrogen and oxygen atoms in total. The zero-order valence-electron chi connectivity index (χ0n) is 11.1. The number of benzene rings is 1. The Morgan fingerprint density at radius 2 is 1.82 bits per heavy atom. The molecule has 0 aliphatic carbocycles. The minimum Gasteiger partial charge on any atom is -0.494 e. The molecular formula is C14H22BrNO. The first-order valence-electron chi connectivity index (χ1n) is 5.99. The van der Waals surface area contributed by atoms with Crippen LogP contribution >= 0.6 is 15.9 Å². The van der Waals surface area contributed by atoms with Gasteiger partial charge in [0, 0.05) is 10.5 Å². The van der Waals surface area contributed by atoms with Crippen molar-refractivity contribution in [2.24, 2.45) is 5.41 Å². The first-order chi connectivity index (χ1) is 7.93. The topological polar surface area (TPSA) is 21.3 Å². The molecule has 0 saturated heterocycles. The summed E-state index contributed by atoms with van der Waals surface area (Å²) in [5.74, 6) is 0.928. The van der Waals surface area contributed by atoms with Crippen LogP contribution in [0, 0.1) is 5.41 Å². The number of rotatable bonds is 5. The van der Waals surface area contributed by atoms with Crippen molar-refractivity contribution >= 4 is 15.9 Å². The van der Waals surface area contributed by atoms with Crippen molar-refractivity contribution in [2.45, 2.75) is 33.2 Å². The lowest BCUT2D eigenvalue weighted by molar-refractivity contribution is 0.216. The summed E-state index contributed by atoms with van der Waals surface area (Å²) >= 11 is 3.41. The Balaban J connectivity index is 2.39. The quantitative estimate of drug-likeness (QED) is 0.891. The molecule has 3 heteroatoms. The molecule has 0 amide bonds. The maximum absolute atomic E-state index is 5.73. The number of ether oxygens (including phenoxy) is 1. The summed E-state index contributed by atoms with van der Waals surface area (Å²) in [4.78, 5) is 0. The van der Waals surface area contributed by atoms with Crippen molar-refractivity contribution in [1.29, 1.82) is 0 Å². The lowest BCUT2D eigenvalue weighted by Gasteiger charge is -2.30. The molecule has 0 heterocycles. The molecule has 1 atom stereocenters. The molecule has 0 aliphatic rings. The average Bonchev–Trinajstić information content (AvgIpc) is 2.25. The molecule has 0 fully saturated rings. The molecule has 1 N–H and O–H groups in total. The van der Waals surface area contributed by atoms with Gasteiger partial charge in [0.1, 0.15) is 5.75 Å². The minimum atomic E-state index is 0.262. The van der Waals surface area contributed by atoms with Gasteiger partial charge >= 0.3 is 0 Å². The molecular weight excluding hydrogens is 278 g/mol. The van der Waals surface area contributed by atoms with E-state index in [2.05, 4.69) is 42.0 Å². The van der Waals surface area contributed by atoms with Gasteiger partial charge in [0.15, 0.2) is 0 Å². The summed E-state index contributed by atoms with van der Waals surface area (Å²) in [5.41, 5.74) is 0.262. The zero-order valence-corrected chi connectivity index (χ0v) is 12.7. The van der Waals surface area contributed by atoms with Crippen LogP contribution in [0.5, 0.6) is 5.75 Å². The highest BCUT2D eigenvalue weighted by molar-refractivity contribution is 9.10. The van der Waals surface area contributed by atoms with Gasteiger partial charge in [-0.2, -0.15) is 0 Å². The van der Waals surface area contributed by atoms with E-state index in [4.69, 9.17) is 4.74 Å². The summed E-state index contributed by atoms with van der Waals surface area (Å²) in [6.45, 7) is 7.47. The highest BCUT2D eigenvalue weighted by Crippen LogP contribution is 2.22. The highest BCUT2D eigenvalue weighted by atomic mass is 79.9. The standard InChI is InChI=1S/C14H22BrNO/c1-14(2,3)13(16-4)9-10-17-12-7-5-11(15)6-8-12/h5-8,13,16H,9-10H2,1-4H3. The van der Waals surface area contributed by atoms with E-state index in [9.17, 15) is 0 Å². The van der Waals surface area contributed by atoms with Crippen LogP contribution in [0.25, 0.3) is 0 Å². The zero-order chi connectivity index (χ0) is 12.9. The second kappa shape index (κ2) is 6.41. The molecule has 0 aromatic heterocycles. The molecule has 1 unspecified atom stereocenters. The normalized spacial score (nSPS) is 13.5. The van der Waals surface area contributed by atoms with Gasteiger partial charge < -0.3 is 10.1 Å². The van der Waals surface area contributed by atoms with Gasteiger partial charge in [0.25, 0.3) is 0 Å². The summed E-state index contributed by atoms with van der Waals surface area (Å²) in [6.07, 6.45) is 1.01. The van der Waals surface area contributed by atoms with Gasteiger partial charge in [0.05, 0.1) is 6.61 Å². The third-order valence-electron chi connectivity index (χ3n) is 2.88. The molecule has 17 heavy (non-hydrogen) atoms. The maximum atomic E-state index is 5.73. The molecule has 1 aromatic rings.